The van der Waals surface area contributed by atoms with Gasteiger partial charge in [-0.1, -0.05) is 34.1 Å². The van der Waals surface area contributed by atoms with Crippen LogP contribution in [0.3, 0.4) is 0 Å². The number of carbonyl (C=O) groups is 1. The van der Waals surface area contributed by atoms with Gasteiger partial charge in [-0.05, 0) is 5.92 Å². The maximum atomic E-state index is 11.1. The van der Waals surface area contributed by atoms with E-state index in [9.17, 15) is 4.79 Å². The lowest BCUT2D eigenvalue weighted by Gasteiger charge is -2.26. The van der Waals surface area contributed by atoms with Gasteiger partial charge in [0.1, 0.15) is 0 Å². The third-order valence-electron chi connectivity index (χ3n) is 2.43. The molecule has 10 heavy (non-hydrogen) atoms. The Morgan fingerprint density at radius 2 is 2.30 bits per heavy atom. The van der Waals surface area contributed by atoms with Gasteiger partial charge < -0.3 is 5.73 Å². The highest BCUT2D eigenvalue weighted by atomic mass is 16.1. The Labute approximate surface area is 64.3 Å². The van der Waals surface area contributed by atoms with Crippen molar-refractivity contribution < 1.29 is 6.21 Å². The van der Waals surface area contributed by atoms with Gasteiger partial charge in [-0.2, -0.15) is 0 Å². The van der Waals surface area contributed by atoms with E-state index < -0.39 is 5.41 Å². The standard InChI is InChI=1S/C8H17NO/c1-5-6(2)8(3,4)7(9)10/h6H,5H2,1-4H3,(H2,9,10)/i/hD. The van der Waals surface area contributed by atoms with Crippen molar-refractivity contribution in [1.82, 2.24) is 0 Å². The second-order valence-corrected chi connectivity index (χ2v) is 3.36. The van der Waals surface area contributed by atoms with Crippen molar-refractivity contribution in [1.29, 1.82) is 0 Å². The van der Waals surface area contributed by atoms with Crippen LogP contribution < -0.4 is 5.73 Å². The zero-order chi connectivity index (χ0) is 9.07. The van der Waals surface area contributed by atoms with Gasteiger partial charge in [-0.25, -0.2) is 0 Å². The van der Waals surface area contributed by atoms with Gasteiger partial charge in [0.05, 0.1) is 0 Å². The Kier molecular flexibility index (Phi) is 2.30. The molecule has 0 saturated heterocycles. The van der Waals surface area contributed by atoms with E-state index >= 15 is 0 Å². The number of rotatable bonds is 3. The second-order valence-electron chi connectivity index (χ2n) is 3.36. The van der Waals surface area contributed by atoms with Crippen LogP contribution in [0, 0.1) is 11.3 Å². The number of primary amides is 1. The van der Waals surface area contributed by atoms with Crippen molar-refractivity contribution in [2.24, 2.45) is 17.1 Å². The summed E-state index contributed by atoms with van der Waals surface area (Å²) < 4.78 is 6.73. The number of carbonyl (C=O) groups excluding carboxylic acids is 1. The number of nitrogens with two attached hydrogens (primary N) is 1. The van der Waals surface area contributed by atoms with Crippen molar-refractivity contribution >= 4 is 5.91 Å². The average molecular weight is 144 g/mol. The average Bonchev–Trinajstić information content (AvgIpc) is 2.01. The summed E-state index contributed by atoms with van der Waals surface area (Å²) in [5.74, 6) is 0.111. The van der Waals surface area contributed by atoms with Crippen LogP contribution in [0.25, 0.3) is 0 Å². The Morgan fingerprint density at radius 3 is 2.60 bits per heavy atom. The first-order chi connectivity index (χ1) is 4.96. The SMILES string of the molecule is [2H]NC(=O)C(C)(C)C(C)CC. The van der Waals surface area contributed by atoms with E-state index in [-0.39, 0.29) is 5.91 Å². The van der Waals surface area contributed by atoms with Crippen LogP contribution in [-0.2, 0) is 4.79 Å². The molecular formula is C8H17NO. The van der Waals surface area contributed by atoms with E-state index in [0.29, 0.717) is 5.92 Å². The zero-order valence-corrected chi connectivity index (χ0v) is 7.19. The Bertz CT molecular complexity index is 145. The smallest absolute Gasteiger partial charge is 0.223 e. The minimum absolute atomic E-state index is 0.202. The predicted molar refractivity (Wildman–Crippen MR) is 42.4 cm³/mol. The van der Waals surface area contributed by atoms with Crippen molar-refractivity contribution in [2.75, 3.05) is 0 Å². The largest absolute Gasteiger partial charge is 0.369 e. The lowest BCUT2D eigenvalue weighted by atomic mass is 9.78. The van der Waals surface area contributed by atoms with Gasteiger partial charge in [0.25, 0.3) is 0 Å². The molecule has 0 aliphatic rings. The second kappa shape index (κ2) is 3.04. The Morgan fingerprint density at radius 1 is 1.80 bits per heavy atom. The summed E-state index contributed by atoms with van der Waals surface area (Å²) in [5, 5.41) is 0. The third-order valence-corrected chi connectivity index (χ3v) is 2.43. The summed E-state index contributed by atoms with van der Waals surface area (Å²) >= 11 is 0. The van der Waals surface area contributed by atoms with Crippen LogP contribution in [0.4, 0.5) is 0 Å². The highest BCUT2D eigenvalue weighted by Gasteiger charge is 2.30. The van der Waals surface area contributed by atoms with E-state index in [1.165, 1.54) is 0 Å². The molecule has 0 aromatic carbocycles. The van der Waals surface area contributed by atoms with Gasteiger partial charge in [0, 0.05) is 5.41 Å². The fraction of sp³-hybridized carbons (Fsp3) is 0.875. The van der Waals surface area contributed by atoms with Gasteiger partial charge in [-0.3, -0.25) is 4.79 Å². The van der Waals surface area contributed by atoms with E-state index in [2.05, 4.69) is 0 Å². The molecule has 60 valence electrons. The lowest BCUT2D eigenvalue weighted by Crippen LogP contribution is -2.36. The lowest BCUT2D eigenvalue weighted by molar-refractivity contribution is -0.128. The molecule has 0 aliphatic carbocycles. The molecule has 0 heterocycles. The van der Waals surface area contributed by atoms with Gasteiger partial charge >= 0.3 is 0 Å². The van der Waals surface area contributed by atoms with Gasteiger partial charge in [-0.15, -0.1) is 0 Å². The van der Waals surface area contributed by atoms with Crippen molar-refractivity contribution in [2.45, 2.75) is 34.1 Å². The first-order valence-corrected chi connectivity index (χ1v) is 3.69. The first kappa shape index (κ1) is 7.58. The van der Waals surface area contributed by atoms with Crippen molar-refractivity contribution in [3.8, 4) is 0 Å². The molecule has 0 saturated carbocycles. The summed E-state index contributed by atoms with van der Waals surface area (Å²) in [5.41, 5.74) is 1.51. The predicted octanol–water partition coefficient (Wildman–Crippen LogP) is 1.54. The first-order valence-electron chi connectivity index (χ1n) is 4.19. The van der Waals surface area contributed by atoms with Crippen molar-refractivity contribution in [3.05, 3.63) is 0 Å². The van der Waals surface area contributed by atoms with E-state index in [4.69, 9.17) is 1.41 Å². The number of hydrogen-bond acceptors (Lipinski definition) is 1. The van der Waals surface area contributed by atoms with E-state index in [0.717, 1.165) is 6.42 Å². The third kappa shape index (κ3) is 1.72. The molecule has 0 spiro atoms. The molecule has 2 nitrogen and oxygen atoms in total. The van der Waals surface area contributed by atoms with Crippen LogP contribution in [-0.4, -0.2) is 5.91 Å². The van der Waals surface area contributed by atoms with Gasteiger partial charge in [0.15, 0.2) is 1.41 Å². The minimum Gasteiger partial charge on any atom is -0.369 e. The van der Waals surface area contributed by atoms with Crippen LogP contribution in [0.5, 0.6) is 0 Å². The molecule has 0 radical (unpaired) electrons. The zero-order valence-electron chi connectivity index (χ0n) is 8.19. The van der Waals surface area contributed by atoms with Crippen LogP contribution in [0.15, 0.2) is 0 Å². The fourth-order valence-corrected chi connectivity index (χ4v) is 0.734. The summed E-state index contributed by atoms with van der Waals surface area (Å²) in [4.78, 5) is 11.1. The van der Waals surface area contributed by atoms with Crippen LogP contribution in [0.2, 0.25) is 1.41 Å². The topological polar surface area (TPSA) is 43.1 Å². The molecule has 0 rings (SSSR count). The number of amides is 1. The summed E-state index contributed by atoms with van der Waals surface area (Å²) in [7, 11) is 0. The molecule has 1 atom stereocenters. The maximum absolute atomic E-state index is 11.1. The molecule has 0 bridgehead atoms. The van der Waals surface area contributed by atoms with Crippen molar-refractivity contribution in [3.63, 3.8) is 0 Å². The maximum Gasteiger partial charge on any atom is 0.223 e. The monoisotopic (exact) mass is 144 g/mol. The molecule has 0 aromatic heterocycles. The normalized spacial score (nSPS) is 15.8. The van der Waals surface area contributed by atoms with Crippen LogP contribution in [0.1, 0.15) is 34.1 Å². The molecular weight excluding hydrogens is 126 g/mol. The Hall–Kier alpha value is -0.530. The Balaban J connectivity index is 4.31. The quantitative estimate of drug-likeness (QED) is 0.641. The van der Waals surface area contributed by atoms with Gasteiger partial charge in [0.2, 0.25) is 5.91 Å². The molecule has 2 heteroatoms. The summed E-state index contributed by atoms with van der Waals surface area (Å²) in [6, 6.07) is 0. The van der Waals surface area contributed by atoms with E-state index in [1.807, 2.05) is 33.4 Å². The molecule has 1 amide bonds. The molecule has 2 N–H and O–H groups in total. The highest BCUT2D eigenvalue weighted by Crippen LogP contribution is 2.27. The fourth-order valence-electron chi connectivity index (χ4n) is 0.734. The molecule has 1 unspecified atom stereocenters. The van der Waals surface area contributed by atoms with Crippen LogP contribution >= 0.6 is 0 Å². The minimum atomic E-state index is -0.420. The number of hydrogen-bond donors (Lipinski definition) is 1. The summed E-state index contributed by atoms with van der Waals surface area (Å²) in [6.07, 6.45) is 0.959. The summed E-state index contributed by atoms with van der Waals surface area (Å²) in [6.45, 7) is 7.80. The highest BCUT2D eigenvalue weighted by molar-refractivity contribution is 5.80. The molecule has 0 fully saturated rings. The van der Waals surface area contributed by atoms with E-state index in [1.54, 1.807) is 0 Å². The molecule has 0 aromatic rings. The molecule has 0 aliphatic heterocycles.